The lowest BCUT2D eigenvalue weighted by Crippen LogP contribution is -2.59. The van der Waals surface area contributed by atoms with E-state index < -0.39 is 30.9 Å². The Labute approximate surface area is 212 Å². The SMILES string of the molecule is CCC1O[C@@H](O[C@H]2C(C(C)=O)O[C@@H](O[C@H]3C(CC)OC(C)C(C)[C@H]3C)C(C)[C@@H]2C)C(C)[C@@H](C)[C@H]1O. The highest BCUT2D eigenvalue weighted by Gasteiger charge is 2.50. The monoisotopic (exact) mass is 498 g/mol. The van der Waals surface area contributed by atoms with Gasteiger partial charge in [0.25, 0.3) is 0 Å². The number of ether oxygens (including phenoxy) is 5. The van der Waals surface area contributed by atoms with Crippen molar-refractivity contribution in [3.8, 4) is 0 Å². The molecule has 15 atom stereocenters. The molecule has 3 heterocycles. The second-order valence-corrected chi connectivity index (χ2v) is 11.6. The third-order valence-corrected chi connectivity index (χ3v) is 9.47. The number of aliphatic hydroxyl groups is 1. The average Bonchev–Trinajstić information content (AvgIpc) is 2.83. The van der Waals surface area contributed by atoms with Crippen LogP contribution in [-0.2, 0) is 28.5 Å². The maximum absolute atomic E-state index is 12.8. The van der Waals surface area contributed by atoms with Crippen LogP contribution in [0.15, 0.2) is 0 Å². The molecule has 0 amide bonds. The Morgan fingerprint density at radius 2 is 1.20 bits per heavy atom. The summed E-state index contributed by atoms with van der Waals surface area (Å²) in [5.41, 5.74) is 0. The van der Waals surface area contributed by atoms with Gasteiger partial charge >= 0.3 is 0 Å². The van der Waals surface area contributed by atoms with Crippen molar-refractivity contribution in [1.29, 1.82) is 0 Å². The highest BCUT2D eigenvalue weighted by molar-refractivity contribution is 5.81. The molecule has 3 aliphatic rings. The summed E-state index contributed by atoms with van der Waals surface area (Å²) in [5.74, 6) is 0.656. The number of carbonyl (C=O) groups excluding carboxylic acids is 1. The summed E-state index contributed by atoms with van der Waals surface area (Å²) >= 11 is 0. The van der Waals surface area contributed by atoms with Crippen molar-refractivity contribution in [1.82, 2.24) is 0 Å². The minimum atomic E-state index is -0.736. The second-order valence-electron chi connectivity index (χ2n) is 11.6. The number of rotatable bonds is 7. The molecule has 0 aromatic carbocycles. The van der Waals surface area contributed by atoms with Crippen LogP contribution >= 0.6 is 0 Å². The van der Waals surface area contributed by atoms with Gasteiger partial charge in [-0.3, -0.25) is 4.79 Å². The smallest absolute Gasteiger partial charge is 0.162 e. The molecule has 204 valence electrons. The van der Waals surface area contributed by atoms with Crippen molar-refractivity contribution in [2.75, 3.05) is 0 Å². The summed E-state index contributed by atoms with van der Waals surface area (Å²) in [6.45, 7) is 20.5. The Balaban J connectivity index is 1.77. The fourth-order valence-electron chi connectivity index (χ4n) is 6.01. The zero-order chi connectivity index (χ0) is 26.2. The van der Waals surface area contributed by atoms with Gasteiger partial charge in [0.15, 0.2) is 18.4 Å². The first-order chi connectivity index (χ1) is 16.4. The van der Waals surface area contributed by atoms with Gasteiger partial charge in [-0.1, -0.05) is 55.4 Å². The first kappa shape index (κ1) is 29.0. The zero-order valence-electron chi connectivity index (χ0n) is 23.5. The molecule has 3 saturated heterocycles. The summed E-state index contributed by atoms with van der Waals surface area (Å²) in [6.07, 6.45) is -1.34. The van der Waals surface area contributed by atoms with E-state index in [0.717, 1.165) is 6.42 Å². The fraction of sp³-hybridized carbons (Fsp3) is 0.964. The quantitative estimate of drug-likeness (QED) is 0.550. The second kappa shape index (κ2) is 11.9. The van der Waals surface area contributed by atoms with Crippen LogP contribution in [0.4, 0.5) is 0 Å². The van der Waals surface area contributed by atoms with Gasteiger partial charge in [0, 0.05) is 11.8 Å². The summed E-state index contributed by atoms with van der Waals surface area (Å²) in [7, 11) is 0. The number of aliphatic hydroxyl groups excluding tert-OH is 1. The Bertz CT molecular complexity index is 697. The highest BCUT2D eigenvalue weighted by Crippen LogP contribution is 2.41. The van der Waals surface area contributed by atoms with Crippen LogP contribution < -0.4 is 0 Å². The number of Topliss-reactive ketones (excluding diaryl/α,β-unsaturated/α-hetero) is 1. The lowest BCUT2D eigenvalue weighted by Gasteiger charge is -2.50. The van der Waals surface area contributed by atoms with E-state index in [4.69, 9.17) is 23.7 Å². The van der Waals surface area contributed by atoms with Gasteiger partial charge in [-0.25, -0.2) is 0 Å². The molecule has 0 spiro atoms. The van der Waals surface area contributed by atoms with Crippen LogP contribution in [0.2, 0.25) is 0 Å². The third kappa shape index (κ3) is 5.80. The third-order valence-electron chi connectivity index (χ3n) is 9.47. The summed E-state index contributed by atoms with van der Waals surface area (Å²) in [5, 5.41) is 10.6. The molecule has 35 heavy (non-hydrogen) atoms. The molecule has 7 heteroatoms. The van der Waals surface area contributed by atoms with Crippen molar-refractivity contribution in [3.05, 3.63) is 0 Å². The predicted molar refractivity (Wildman–Crippen MR) is 134 cm³/mol. The van der Waals surface area contributed by atoms with Gasteiger partial charge in [0.1, 0.15) is 6.10 Å². The van der Waals surface area contributed by atoms with Gasteiger partial charge in [-0.2, -0.15) is 0 Å². The van der Waals surface area contributed by atoms with Crippen LogP contribution in [-0.4, -0.2) is 66.2 Å². The molecule has 7 nitrogen and oxygen atoms in total. The van der Waals surface area contributed by atoms with Crippen LogP contribution in [0.25, 0.3) is 0 Å². The molecule has 3 aliphatic heterocycles. The van der Waals surface area contributed by atoms with Gasteiger partial charge < -0.3 is 28.8 Å². The van der Waals surface area contributed by atoms with E-state index in [2.05, 4.69) is 41.5 Å². The highest BCUT2D eigenvalue weighted by atomic mass is 16.7. The fourth-order valence-corrected chi connectivity index (χ4v) is 6.01. The largest absolute Gasteiger partial charge is 0.390 e. The van der Waals surface area contributed by atoms with E-state index in [9.17, 15) is 9.90 Å². The van der Waals surface area contributed by atoms with Gasteiger partial charge in [0.2, 0.25) is 0 Å². The number of hydrogen-bond acceptors (Lipinski definition) is 7. The molecule has 0 saturated carbocycles. The molecular formula is C28H50O7. The number of ketones is 1. The van der Waals surface area contributed by atoms with Gasteiger partial charge in [0.05, 0.1) is 36.6 Å². The first-order valence-electron chi connectivity index (χ1n) is 13.9. The normalized spacial score (nSPS) is 51.2. The van der Waals surface area contributed by atoms with Crippen LogP contribution in [0.3, 0.4) is 0 Å². The summed E-state index contributed by atoms with van der Waals surface area (Å²) < 4.78 is 32.0. The number of carbonyl (C=O) groups is 1. The van der Waals surface area contributed by atoms with Crippen molar-refractivity contribution in [2.45, 2.75) is 137 Å². The first-order valence-corrected chi connectivity index (χ1v) is 13.9. The van der Waals surface area contributed by atoms with E-state index in [1.54, 1.807) is 6.92 Å². The molecule has 0 aromatic heterocycles. The maximum atomic E-state index is 12.8. The van der Waals surface area contributed by atoms with E-state index in [1.807, 2.05) is 20.8 Å². The van der Waals surface area contributed by atoms with E-state index in [0.29, 0.717) is 18.3 Å². The molecule has 1 N–H and O–H groups in total. The van der Waals surface area contributed by atoms with Crippen LogP contribution in [0.5, 0.6) is 0 Å². The molecule has 0 bridgehead atoms. The maximum Gasteiger partial charge on any atom is 0.162 e. The van der Waals surface area contributed by atoms with Crippen molar-refractivity contribution in [2.24, 2.45) is 35.5 Å². The molecule has 7 unspecified atom stereocenters. The number of hydrogen-bond donors (Lipinski definition) is 1. The topological polar surface area (TPSA) is 83.5 Å². The lowest BCUT2D eigenvalue weighted by atomic mass is 9.80. The van der Waals surface area contributed by atoms with Crippen molar-refractivity contribution in [3.63, 3.8) is 0 Å². The average molecular weight is 499 g/mol. The Morgan fingerprint density at radius 1 is 0.686 bits per heavy atom. The predicted octanol–water partition coefficient (Wildman–Crippen LogP) is 4.58. The molecule has 3 fully saturated rings. The van der Waals surface area contributed by atoms with Crippen LogP contribution in [0.1, 0.15) is 82.1 Å². The Hall–Kier alpha value is -0.570. The molecule has 3 rings (SSSR count). The summed E-state index contributed by atoms with van der Waals surface area (Å²) in [6, 6.07) is 0. The molecule has 0 radical (unpaired) electrons. The van der Waals surface area contributed by atoms with Gasteiger partial charge in [-0.05, 0) is 50.4 Å². The van der Waals surface area contributed by atoms with Crippen molar-refractivity contribution >= 4 is 5.78 Å². The summed E-state index contributed by atoms with van der Waals surface area (Å²) in [4.78, 5) is 12.8. The minimum Gasteiger partial charge on any atom is -0.390 e. The Morgan fingerprint density at radius 3 is 1.77 bits per heavy atom. The Kier molecular flexibility index (Phi) is 9.83. The van der Waals surface area contributed by atoms with E-state index in [-0.39, 0.29) is 53.9 Å². The van der Waals surface area contributed by atoms with E-state index in [1.165, 1.54) is 0 Å². The van der Waals surface area contributed by atoms with Crippen LogP contribution in [0, 0.1) is 35.5 Å². The van der Waals surface area contributed by atoms with E-state index >= 15 is 0 Å². The minimum absolute atomic E-state index is 0.00226. The molecule has 0 aliphatic carbocycles. The lowest BCUT2D eigenvalue weighted by molar-refractivity contribution is -0.336. The van der Waals surface area contributed by atoms with Gasteiger partial charge in [-0.15, -0.1) is 0 Å². The molecular weight excluding hydrogens is 448 g/mol. The zero-order valence-corrected chi connectivity index (χ0v) is 23.5. The molecule has 0 aromatic rings. The standard InChI is InChI=1S/C28H50O7/c1-11-21-23(30)14(4)17(7)27(32-21)34-25-16(6)18(8)28(35-26(25)19(9)29)33-24-15(5)13(3)20(10)31-22(24)12-2/h13-18,20-28,30H,11-12H2,1-10H3/t13?,14-,15-,16+,17?,18?,20?,21?,22?,23-,24-,25-,26?,27+,28-/m1/s1. The van der Waals surface area contributed by atoms with Crippen molar-refractivity contribution < 1.29 is 33.6 Å².